The number of halogens is 1. The maximum Gasteiger partial charge on any atom is 0.0406 e. The summed E-state index contributed by atoms with van der Waals surface area (Å²) in [5.41, 5.74) is 7.10. The zero-order chi connectivity index (χ0) is 15.8. The molecule has 1 unspecified atom stereocenters. The van der Waals surface area contributed by atoms with Gasteiger partial charge in [0.15, 0.2) is 0 Å². The number of rotatable bonds is 2. The third-order valence-corrected chi connectivity index (χ3v) is 5.32. The quantitative estimate of drug-likeness (QED) is 0.740. The molecule has 0 aromatic heterocycles. The Labute approximate surface area is 142 Å². The Morgan fingerprint density at radius 2 is 1.70 bits per heavy atom. The summed E-state index contributed by atoms with van der Waals surface area (Å²) in [5.74, 6) is 0.480. The molecule has 2 aliphatic heterocycles. The van der Waals surface area contributed by atoms with Crippen LogP contribution >= 0.6 is 11.6 Å². The van der Waals surface area contributed by atoms with E-state index in [1.165, 1.54) is 27.8 Å². The molecule has 2 heterocycles. The first-order chi connectivity index (χ1) is 11.2. The van der Waals surface area contributed by atoms with Crippen LogP contribution in [-0.4, -0.2) is 24.5 Å². The largest absolute Gasteiger partial charge is 0.294 e. The summed E-state index contributed by atoms with van der Waals surface area (Å²) >= 11 is 6.05. The number of hydrogen-bond acceptors (Lipinski definition) is 1. The van der Waals surface area contributed by atoms with E-state index >= 15 is 0 Å². The Morgan fingerprint density at radius 1 is 0.957 bits per heavy atom. The summed E-state index contributed by atoms with van der Waals surface area (Å²) in [6, 6.07) is 19.1. The van der Waals surface area contributed by atoms with E-state index in [0.717, 1.165) is 24.7 Å². The molecule has 2 heteroatoms. The van der Waals surface area contributed by atoms with Gasteiger partial charge in [0.25, 0.3) is 0 Å². The Hall–Kier alpha value is -1.83. The lowest BCUT2D eigenvalue weighted by Gasteiger charge is -2.40. The van der Waals surface area contributed by atoms with Crippen molar-refractivity contribution >= 4 is 22.7 Å². The molecule has 23 heavy (non-hydrogen) atoms. The van der Waals surface area contributed by atoms with Crippen LogP contribution in [0.5, 0.6) is 0 Å². The highest BCUT2D eigenvalue weighted by molar-refractivity contribution is 6.30. The summed E-state index contributed by atoms with van der Waals surface area (Å²) in [5, 5.41) is 0.799. The predicted octanol–water partition coefficient (Wildman–Crippen LogP) is 5.14. The summed E-state index contributed by atoms with van der Waals surface area (Å²) in [4.78, 5) is 2.54. The summed E-state index contributed by atoms with van der Waals surface area (Å²) in [7, 11) is 0. The lowest BCUT2D eigenvalue weighted by molar-refractivity contribution is 0.295. The SMILES string of the molecule is CC1=C(c2ccccc2)CN2CC=C(c3ccc(Cl)cc3)[C@H]1C2. The van der Waals surface area contributed by atoms with Gasteiger partial charge in [0, 0.05) is 30.6 Å². The fourth-order valence-corrected chi connectivity index (χ4v) is 3.90. The van der Waals surface area contributed by atoms with Crippen molar-refractivity contribution in [2.24, 2.45) is 5.92 Å². The topological polar surface area (TPSA) is 3.24 Å². The Morgan fingerprint density at radius 3 is 2.43 bits per heavy atom. The Kier molecular flexibility index (Phi) is 3.84. The van der Waals surface area contributed by atoms with Gasteiger partial charge >= 0.3 is 0 Å². The summed E-state index contributed by atoms with van der Waals surface area (Å²) in [6.07, 6.45) is 2.39. The highest BCUT2D eigenvalue weighted by Gasteiger charge is 2.31. The van der Waals surface area contributed by atoms with Gasteiger partial charge in [0.1, 0.15) is 0 Å². The predicted molar refractivity (Wildman–Crippen MR) is 98.4 cm³/mol. The second-order valence-corrected chi connectivity index (χ2v) is 6.88. The van der Waals surface area contributed by atoms with E-state index in [4.69, 9.17) is 11.6 Å². The van der Waals surface area contributed by atoms with Crippen LogP contribution in [0.3, 0.4) is 0 Å². The average molecular weight is 322 g/mol. The molecule has 0 saturated carbocycles. The van der Waals surface area contributed by atoms with Crippen LogP contribution in [0.25, 0.3) is 11.1 Å². The zero-order valence-electron chi connectivity index (χ0n) is 13.3. The molecule has 0 aliphatic carbocycles. The molecule has 2 aromatic rings. The van der Waals surface area contributed by atoms with Gasteiger partial charge in [-0.3, -0.25) is 4.90 Å². The maximum absolute atomic E-state index is 6.05. The Balaban J connectivity index is 1.76. The third-order valence-electron chi connectivity index (χ3n) is 5.07. The minimum absolute atomic E-state index is 0.480. The third kappa shape index (κ3) is 2.75. The molecule has 2 atom stereocenters. The fourth-order valence-electron chi connectivity index (χ4n) is 3.78. The zero-order valence-corrected chi connectivity index (χ0v) is 14.1. The van der Waals surface area contributed by atoms with Crippen LogP contribution in [0.4, 0.5) is 0 Å². The standard InChI is InChI=1S/C21H20ClN/c1-15-20(16-5-3-2-4-6-16)13-23-12-11-19(21(15)14-23)17-7-9-18(22)10-8-17/h2-11,21H,12-14H2,1H3/t21-/m0/s1. The van der Waals surface area contributed by atoms with Crippen LogP contribution < -0.4 is 0 Å². The molecule has 116 valence electrons. The van der Waals surface area contributed by atoms with E-state index in [1.807, 2.05) is 12.1 Å². The highest BCUT2D eigenvalue weighted by atomic mass is 35.5. The van der Waals surface area contributed by atoms with Gasteiger partial charge in [-0.25, -0.2) is 0 Å². The molecule has 4 rings (SSSR count). The average Bonchev–Trinajstić information content (AvgIpc) is 2.60. The molecule has 2 aliphatic rings. The van der Waals surface area contributed by atoms with Crippen LogP contribution in [0.2, 0.25) is 5.02 Å². The smallest absolute Gasteiger partial charge is 0.0406 e. The lowest BCUT2D eigenvalue weighted by atomic mass is 9.78. The van der Waals surface area contributed by atoms with Crippen molar-refractivity contribution in [1.29, 1.82) is 0 Å². The summed E-state index contributed by atoms with van der Waals surface area (Å²) < 4.78 is 0. The van der Waals surface area contributed by atoms with E-state index in [2.05, 4.69) is 60.4 Å². The fraction of sp³-hybridized carbons (Fsp3) is 0.238. The number of benzene rings is 2. The van der Waals surface area contributed by atoms with E-state index in [1.54, 1.807) is 0 Å². The molecule has 0 amide bonds. The molecular formula is C21H20ClN. The van der Waals surface area contributed by atoms with Crippen molar-refractivity contribution < 1.29 is 0 Å². The van der Waals surface area contributed by atoms with Gasteiger partial charge in [-0.1, -0.05) is 65.7 Å². The highest BCUT2D eigenvalue weighted by Crippen LogP contribution is 2.40. The molecule has 0 N–H and O–H groups in total. The monoisotopic (exact) mass is 321 g/mol. The molecule has 0 saturated heterocycles. The normalized spacial score (nSPS) is 23.7. The molecule has 0 fully saturated rings. The van der Waals surface area contributed by atoms with E-state index in [-0.39, 0.29) is 0 Å². The van der Waals surface area contributed by atoms with Gasteiger partial charge < -0.3 is 0 Å². The minimum atomic E-state index is 0.480. The molecule has 0 radical (unpaired) electrons. The van der Waals surface area contributed by atoms with Crippen molar-refractivity contribution in [3.8, 4) is 0 Å². The van der Waals surface area contributed by atoms with Crippen LogP contribution in [-0.2, 0) is 0 Å². The van der Waals surface area contributed by atoms with Crippen LogP contribution in [0, 0.1) is 5.92 Å². The second-order valence-electron chi connectivity index (χ2n) is 6.44. The van der Waals surface area contributed by atoms with Crippen LogP contribution in [0.1, 0.15) is 18.1 Å². The van der Waals surface area contributed by atoms with Crippen molar-refractivity contribution in [2.45, 2.75) is 6.92 Å². The number of fused-ring (bicyclic) bond motifs is 2. The second kappa shape index (κ2) is 5.99. The number of hydrogen-bond donors (Lipinski definition) is 0. The number of nitrogens with zero attached hydrogens (tertiary/aromatic N) is 1. The van der Waals surface area contributed by atoms with Crippen molar-refractivity contribution in [3.63, 3.8) is 0 Å². The Bertz CT molecular complexity index is 771. The minimum Gasteiger partial charge on any atom is -0.294 e. The first-order valence-electron chi connectivity index (χ1n) is 8.16. The van der Waals surface area contributed by atoms with Gasteiger partial charge in [-0.2, -0.15) is 0 Å². The van der Waals surface area contributed by atoms with Gasteiger partial charge in [-0.05, 0) is 41.3 Å². The van der Waals surface area contributed by atoms with E-state index in [0.29, 0.717) is 5.92 Å². The van der Waals surface area contributed by atoms with E-state index in [9.17, 15) is 0 Å². The molecule has 0 spiro atoms. The van der Waals surface area contributed by atoms with Crippen LogP contribution in [0.15, 0.2) is 66.2 Å². The summed E-state index contributed by atoms with van der Waals surface area (Å²) in [6.45, 7) is 5.50. The van der Waals surface area contributed by atoms with Crippen molar-refractivity contribution in [3.05, 3.63) is 82.4 Å². The maximum atomic E-state index is 6.05. The van der Waals surface area contributed by atoms with Gasteiger partial charge in [0.05, 0.1) is 0 Å². The van der Waals surface area contributed by atoms with Gasteiger partial charge in [-0.15, -0.1) is 0 Å². The van der Waals surface area contributed by atoms with Crippen molar-refractivity contribution in [2.75, 3.05) is 19.6 Å². The molecule has 1 nitrogen and oxygen atoms in total. The lowest BCUT2D eigenvalue weighted by Crippen LogP contribution is -2.40. The first-order valence-corrected chi connectivity index (χ1v) is 8.53. The van der Waals surface area contributed by atoms with Gasteiger partial charge in [0.2, 0.25) is 0 Å². The van der Waals surface area contributed by atoms with E-state index < -0.39 is 0 Å². The molecule has 2 aromatic carbocycles. The molecule has 2 bridgehead atoms. The molecular weight excluding hydrogens is 302 g/mol. The van der Waals surface area contributed by atoms with Crippen molar-refractivity contribution in [1.82, 2.24) is 4.90 Å². The first kappa shape index (κ1) is 14.7.